The lowest BCUT2D eigenvalue weighted by atomic mass is 10.1. The fourth-order valence-electron chi connectivity index (χ4n) is 1.70. The molecule has 16 heavy (non-hydrogen) atoms. The first-order valence-corrected chi connectivity index (χ1v) is 5.81. The molecule has 0 N–H and O–H groups in total. The molecule has 2 rings (SSSR count). The van der Waals surface area contributed by atoms with Gasteiger partial charge in [-0.15, -0.1) is 0 Å². The summed E-state index contributed by atoms with van der Waals surface area (Å²) in [6.07, 6.45) is 8.52. The SMILES string of the molecule is Cc1ccc(C=NOC2=CCCCC2)cc1. The third-order valence-corrected chi connectivity index (χ3v) is 2.70. The third-order valence-electron chi connectivity index (χ3n) is 2.70. The van der Waals surface area contributed by atoms with E-state index in [9.17, 15) is 0 Å². The van der Waals surface area contributed by atoms with E-state index in [2.05, 4.69) is 30.3 Å². The van der Waals surface area contributed by atoms with Gasteiger partial charge in [0, 0.05) is 6.42 Å². The van der Waals surface area contributed by atoms with Crippen LogP contribution in [-0.2, 0) is 4.84 Å². The van der Waals surface area contributed by atoms with Crippen molar-refractivity contribution in [1.29, 1.82) is 0 Å². The van der Waals surface area contributed by atoms with Crippen molar-refractivity contribution in [3.05, 3.63) is 47.2 Å². The van der Waals surface area contributed by atoms with Crippen molar-refractivity contribution in [2.75, 3.05) is 0 Å². The lowest BCUT2D eigenvalue weighted by Crippen LogP contribution is -1.93. The number of nitrogens with zero attached hydrogens (tertiary/aromatic N) is 1. The smallest absolute Gasteiger partial charge is 0.131 e. The Balaban J connectivity index is 1.89. The first-order valence-electron chi connectivity index (χ1n) is 5.81. The number of rotatable bonds is 3. The maximum absolute atomic E-state index is 5.35. The molecule has 2 heteroatoms. The monoisotopic (exact) mass is 215 g/mol. The van der Waals surface area contributed by atoms with Gasteiger partial charge in [0.05, 0.1) is 6.21 Å². The van der Waals surface area contributed by atoms with Crippen molar-refractivity contribution in [2.45, 2.75) is 32.6 Å². The van der Waals surface area contributed by atoms with Crippen molar-refractivity contribution >= 4 is 6.21 Å². The molecule has 0 spiro atoms. The summed E-state index contributed by atoms with van der Waals surface area (Å²) in [5.41, 5.74) is 2.33. The van der Waals surface area contributed by atoms with Crippen molar-refractivity contribution in [3.63, 3.8) is 0 Å². The molecular formula is C14H17NO. The Morgan fingerprint density at radius 1 is 1.19 bits per heavy atom. The lowest BCUT2D eigenvalue weighted by molar-refractivity contribution is 0.210. The highest BCUT2D eigenvalue weighted by Crippen LogP contribution is 2.18. The minimum Gasteiger partial charge on any atom is -0.362 e. The molecule has 0 unspecified atom stereocenters. The van der Waals surface area contributed by atoms with Crippen LogP contribution in [0.2, 0.25) is 0 Å². The molecule has 0 fully saturated rings. The fourth-order valence-corrected chi connectivity index (χ4v) is 1.70. The summed E-state index contributed by atoms with van der Waals surface area (Å²) in [7, 11) is 0. The molecule has 1 aromatic carbocycles. The second-order valence-corrected chi connectivity index (χ2v) is 4.15. The van der Waals surface area contributed by atoms with Crippen molar-refractivity contribution < 1.29 is 4.84 Å². The topological polar surface area (TPSA) is 21.6 Å². The number of benzene rings is 1. The van der Waals surface area contributed by atoms with E-state index in [4.69, 9.17) is 4.84 Å². The molecule has 1 aliphatic carbocycles. The quantitative estimate of drug-likeness (QED) is 0.555. The van der Waals surface area contributed by atoms with Gasteiger partial charge in [-0.25, -0.2) is 0 Å². The summed E-state index contributed by atoms with van der Waals surface area (Å²) in [5.74, 6) is 1.01. The Bertz CT molecular complexity index is 390. The molecule has 0 saturated carbocycles. The van der Waals surface area contributed by atoms with Gasteiger partial charge < -0.3 is 4.84 Å². The molecule has 0 heterocycles. The molecule has 1 aromatic rings. The van der Waals surface area contributed by atoms with E-state index in [0.29, 0.717) is 0 Å². The molecule has 0 bridgehead atoms. The zero-order chi connectivity index (χ0) is 11.2. The van der Waals surface area contributed by atoms with Gasteiger partial charge in [-0.1, -0.05) is 35.0 Å². The van der Waals surface area contributed by atoms with Gasteiger partial charge >= 0.3 is 0 Å². The second-order valence-electron chi connectivity index (χ2n) is 4.15. The van der Waals surface area contributed by atoms with E-state index in [1.165, 1.54) is 18.4 Å². The van der Waals surface area contributed by atoms with Crippen molar-refractivity contribution in [3.8, 4) is 0 Å². The maximum Gasteiger partial charge on any atom is 0.131 e. The van der Waals surface area contributed by atoms with Crippen LogP contribution in [0.4, 0.5) is 0 Å². The van der Waals surface area contributed by atoms with Crippen LogP contribution in [-0.4, -0.2) is 6.21 Å². The first-order chi connectivity index (χ1) is 7.84. The summed E-state index contributed by atoms with van der Waals surface area (Å²) in [5, 5.41) is 4.00. The number of aryl methyl sites for hydroxylation is 1. The first kappa shape index (κ1) is 10.9. The Hall–Kier alpha value is -1.57. The minimum absolute atomic E-state index is 1.01. The Morgan fingerprint density at radius 2 is 2.00 bits per heavy atom. The van der Waals surface area contributed by atoms with Crippen LogP contribution in [0.5, 0.6) is 0 Å². The largest absolute Gasteiger partial charge is 0.362 e. The summed E-state index contributed by atoms with van der Waals surface area (Å²) in [6.45, 7) is 2.07. The molecule has 0 saturated heterocycles. The van der Waals surface area contributed by atoms with E-state index in [1.807, 2.05) is 12.1 Å². The summed E-state index contributed by atoms with van der Waals surface area (Å²) in [4.78, 5) is 5.35. The predicted molar refractivity (Wildman–Crippen MR) is 66.4 cm³/mol. The van der Waals surface area contributed by atoms with Crippen LogP contribution >= 0.6 is 0 Å². The number of allylic oxidation sites excluding steroid dienone is 2. The minimum atomic E-state index is 1.01. The maximum atomic E-state index is 5.35. The van der Waals surface area contributed by atoms with Crippen molar-refractivity contribution in [1.82, 2.24) is 0 Å². The second kappa shape index (κ2) is 5.50. The fraction of sp³-hybridized carbons (Fsp3) is 0.357. The highest BCUT2D eigenvalue weighted by molar-refractivity contribution is 5.79. The van der Waals surface area contributed by atoms with Gasteiger partial charge in [0.2, 0.25) is 0 Å². The van der Waals surface area contributed by atoms with Crippen LogP contribution in [0.1, 0.15) is 36.8 Å². The molecule has 0 aliphatic heterocycles. The van der Waals surface area contributed by atoms with Crippen LogP contribution in [0.3, 0.4) is 0 Å². The van der Waals surface area contributed by atoms with Crippen LogP contribution in [0.25, 0.3) is 0 Å². The van der Waals surface area contributed by atoms with Gasteiger partial charge in [-0.3, -0.25) is 0 Å². The van der Waals surface area contributed by atoms with Crippen LogP contribution in [0, 0.1) is 6.92 Å². The molecular weight excluding hydrogens is 198 g/mol. The summed E-state index contributed by atoms with van der Waals surface area (Å²) >= 11 is 0. The highest BCUT2D eigenvalue weighted by Gasteiger charge is 2.03. The summed E-state index contributed by atoms with van der Waals surface area (Å²) < 4.78 is 0. The molecule has 2 nitrogen and oxygen atoms in total. The van der Waals surface area contributed by atoms with Crippen molar-refractivity contribution in [2.24, 2.45) is 5.16 Å². The average Bonchev–Trinajstić information content (AvgIpc) is 2.33. The van der Waals surface area contributed by atoms with E-state index in [-0.39, 0.29) is 0 Å². The van der Waals surface area contributed by atoms with Gasteiger partial charge in [0.15, 0.2) is 0 Å². The number of oxime groups is 1. The van der Waals surface area contributed by atoms with Gasteiger partial charge in [0.1, 0.15) is 5.76 Å². The zero-order valence-corrected chi connectivity index (χ0v) is 9.65. The summed E-state index contributed by atoms with van der Waals surface area (Å²) in [6, 6.07) is 8.22. The zero-order valence-electron chi connectivity index (χ0n) is 9.65. The van der Waals surface area contributed by atoms with E-state index < -0.39 is 0 Å². The number of hydrogen-bond acceptors (Lipinski definition) is 2. The van der Waals surface area contributed by atoms with E-state index in [0.717, 1.165) is 24.2 Å². The van der Waals surface area contributed by atoms with E-state index >= 15 is 0 Å². The predicted octanol–water partition coefficient (Wildman–Crippen LogP) is 3.80. The normalized spacial score (nSPS) is 16.2. The third kappa shape index (κ3) is 3.23. The molecule has 0 amide bonds. The molecule has 84 valence electrons. The molecule has 0 aromatic heterocycles. The Labute approximate surface area is 96.6 Å². The average molecular weight is 215 g/mol. The Morgan fingerprint density at radius 3 is 2.69 bits per heavy atom. The van der Waals surface area contributed by atoms with E-state index in [1.54, 1.807) is 6.21 Å². The molecule has 0 radical (unpaired) electrons. The van der Waals surface area contributed by atoms with Crippen LogP contribution in [0.15, 0.2) is 41.3 Å². The van der Waals surface area contributed by atoms with Gasteiger partial charge in [-0.2, -0.15) is 0 Å². The Kier molecular flexibility index (Phi) is 3.76. The number of hydrogen-bond donors (Lipinski definition) is 0. The van der Waals surface area contributed by atoms with Crippen LogP contribution < -0.4 is 0 Å². The standard InChI is InChI=1S/C14H17NO/c1-12-7-9-13(10-8-12)11-15-16-14-5-3-2-4-6-14/h5,7-11H,2-4,6H2,1H3. The highest BCUT2D eigenvalue weighted by atomic mass is 16.6. The molecule has 0 atom stereocenters. The van der Waals surface area contributed by atoms with Gasteiger partial charge in [0.25, 0.3) is 0 Å². The van der Waals surface area contributed by atoms with Gasteiger partial charge in [-0.05, 0) is 37.8 Å². The lowest BCUT2D eigenvalue weighted by Gasteiger charge is -2.08. The molecule has 1 aliphatic rings.